The van der Waals surface area contributed by atoms with E-state index in [0.29, 0.717) is 48.2 Å². The molecule has 0 unspecified atom stereocenters. The summed E-state index contributed by atoms with van der Waals surface area (Å²) in [5.74, 6) is 2.23. The number of hydrogen-bond acceptors (Lipinski definition) is 4. The van der Waals surface area contributed by atoms with Gasteiger partial charge in [-0.05, 0) is 36.8 Å². The summed E-state index contributed by atoms with van der Waals surface area (Å²) in [5.41, 5.74) is 1.91. The Hall–Kier alpha value is -2.44. The molecule has 0 atom stereocenters. The second-order valence-electron chi connectivity index (χ2n) is 6.57. The summed E-state index contributed by atoms with van der Waals surface area (Å²) in [5, 5.41) is 3.94. The van der Waals surface area contributed by atoms with Gasteiger partial charge in [0.1, 0.15) is 17.3 Å². The van der Waals surface area contributed by atoms with Crippen molar-refractivity contribution in [2.75, 3.05) is 20.3 Å². The quantitative estimate of drug-likeness (QED) is 0.505. The van der Waals surface area contributed by atoms with Crippen LogP contribution in [0.5, 0.6) is 11.5 Å². The van der Waals surface area contributed by atoms with Crippen LogP contribution in [0.25, 0.3) is 11.0 Å². The number of imidazole rings is 1. The topological polar surface area (TPSA) is 65.4 Å². The summed E-state index contributed by atoms with van der Waals surface area (Å²) in [7, 11) is 3.61. The standard InChI is InChI=1S/C21H23Cl2N3O3/c1-26-18-7-6-15(28-2)13-17(18)25-20(26)9-10-24-21(27)4-3-11-29-19-8-5-14(22)12-16(19)23/h5-8,12-13H,3-4,9-11H2,1-2H3,(H,24,27). The summed E-state index contributed by atoms with van der Waals surface area (Å²) < 4.78 is 12.9. The lowest BCUT2D eigenvalue weighted by Gasteiger charge is -2.09. The van der Waals surface area contributed by atoms with E-state index in [1.807, 2.05) is 29.8 Å². The maximum absolute atomic E-state index is 12.0. The molecule has 2 aromatic carbocycles. The fourth-order valence-electron chi connectivity index (χ4n) is 2.99. The predicted octanol–water partition coefficient (Wildman–Crippen LogP) is 4.41. The van der Waals surface area contributed by atoms with Gasteiger partial charge in [0.15, 0.2) is 0 Å². The number of hydrogen-bond donors (Lipinski definition) is 1. The van der Waals surface area contributed by atoms with Gasteiger partial charge in [-0.25, -0.2) is 4.98 Å². The van der Waals surface area contributed by atoms with E-state index in [0.717, 1.165) is 22.6 Å². The van der Waals surface area contributed by atoms with E-state index in [2.05, 4.69) is 10.3 Å². The zero-order valence-corrected chi connectivity index (χ0v) is 17.9. The first kappa shape index (κ1) is 21.3. The maximum atomic E-state index is 12.0. The molecule has 0 saturated carbocycles. The molecule has 6 nitrogen and oxygen atoms in total. The average molecular weight is 436 g/mol. The molecule has 1 N–H and O–H groups in total. The minimum absolute atomic E-state index is 0.0174. The maximum Gasteiger partial charge on any atom is 0.220 e. The first-order valence-electron chi connectivity index (χ1n) is 9.32. The lowest BCUT2D eigenvalue weighted by Crippen LogP contribution is -2.26. The molecule has 1 aromatic heterocycles. The van der Waals surface area contributed by atoms with Crippen LogP contribution in [0, 0.1) is 0 Å². The molecule has 0 saturated heterocycles. The van der Waals surface area contributed by atoms with Crippen molar-refractivity contribution < 1.29 is 14.3 Å². The van der Waals surface area contributed by atoms with Crippen LogP contribution in [0.3, 0.4) is 0 Å². The van der Waals surface area contributed by atoms with Gasteiger partial charge in [0, 0.05) is 37.5 Å². The van der Waals surface area contributed by atoms with Crippen LogP contribution in [0.15, 0.2) is 36.4 Å². The molecule has 8 heteroatoms. The van der Waals surface area contributed by atoms with E-state index in [4.69, 9.17) is 32.7 Å². The molecule has 29 heavy (non-hydrogen) atoms. The van der Waals surface area contributed by atoms with Crippen molar-refractivity contribution >= 4 is 40.1 Å². The monoisotopic (exact) mass is 435 g/mol. The predicted molar refractivity (Wildman–Crippen MR) is 115 cm³/mol. The van der Waals surface area contributed by atoms with Crippen molar-refractivity contribution in [3.63, 3.8) is 0 Å². The highest BCUT2D eigenvalue weighted by molar-refractivity contribution is 6.35. The second kappa shape index (κ2) is 9.85. The van der Waals surface area contributed by atoms with Gasteiger partial charge in [-0.1, -0.05) is 23.2 Å². The van der Waals surface area contributed by atoms with Gasteiger partial charge in [0.25, 0.3) is 0 Å². The van der Waals surface area contributed by atoms with Crippen LogP contribution in [0.1, 0.15) is 18.7 Å². The van der Waals surface area contributed by atoms with Gasteiger partial charge in [-0.15, -0.1) is 0 Å². The zero-order chi connectivity index (χ0) is 20.8. The number of aromatic nitrogens is 2. The number of methoxy groups -OCH3 is 1. The largest absolute Gasteiger partial charge is 0.497 e. The lowest BCUT2D eigenvalue weighted by atomic mass is 10.3. The molecule has 0 aliphatic heterocycles. The van der Waals surface area contributed by atoms with Gasteiger partial charge >= 0.3 is 0 Å². The molecule has 3 aromatic rings. The Labute approximate surface area is 179 Å². The lowest BCUT2D eigenvalue weighted by molar-refractivity contribution is -0.121. The third kappa shape index (κ3) is 5.55. The number of aryl methyl sites for hydroxylation is 1. The van der Waals surface area contributed by atoms with Crippen molar-refractivity contribution in [1.82, 2.24) is 14.9 Å². The van der Waals surface area contributed by atoms with Gasteiger partial charge in [-0.3, -0.25) is 4.79 Å². The van der Waals surface area contributed by atoms with Crippen molar-refractivity contribution in [1.29, 1.82) is 0 Å². The van der Waals surface area contributed by atoms with Crippen molar-refractivity contribution in [2.24, 2.45) is 7.05 Å². The summed E-state index contributed by atoms with van der Waals surface area (Å²) in [6.45, 7) is 0.929. The Kier molecular flexibility index (Phi) is 7.23. The molecule has 154 valence electrons. The van der Waals surface area contributed by atoms with Crippen LogP contribution in [0.2, 0.25) is 10.0 Å². The van der Waals surface area contributed by atoms with Crippen LogP contribution in [0.4, 0.5) is 0 Å². The molecule has 0 fully saturated rings. The minimum Gasteiger partial charge on any atom is -0.497 e. The van der Waals surface area contributed by atoms with Crippen LogP contribution < -0.4 is 14.8 Å². The minimum atomic E-state index is -0.0174. The molecular weight excluding hydrogens is 413 g/mol. The number of ether oxygens (including phenoxy) is 2. The summed E-state index contributed by atoms with van der Waals surface area (Å²) in [4.78, 5) is 16.7. The van der Waals surface area contributed by atoms with Crippen molar-refractivity contribution in [3.05, 3.63) is 52.3 Å². The highest BCUT2D eigenvalue weighted by Gasteiger charge is 2.09. The molecule has 0 aliphatic rings. The third-order valence-electron chi connectivity index (χ3n) is 4.55. The number of benzene rings is 2. The number of fused-ring (bicyclic) bond motifs is 1. The van der Waals surface area contributed by atoms with Crippen LogP contribution in [-0.4, -0.2) is 35.7 Å². The number of halogens is 2. The number of rotatable bonds is 9. The highest BCUT2D eigenvalue weighted by atomic mass is 35.5. The molecule has 0 spiro atoms. The Morgan fingerprint density at radius 3 is 2.79 bits per heavy atom. The SMILES string of the molecule is COc1ccc2c(c1)nc(CCNC(=O)CCCOc1ccc(Cl)cc1Cl)n2C. The van der Waals surface area contributed by atoms with Gasteiger partial charge in [0.05, 0.1) is 29.8 Å². The smallest absolute Gasteiger partial charge is 0.220 e. The van der Waals surface area contributed by atoms with Crippen LogP contribution in [-0.2, 0) is 18.3 Å². The summed E-state index contributed by atoms with van der Waals surface area (Å²) in [6.07, 6.45) is 1.62. The fraction of sp³-hybridized carbons (Fsp3) is 0.333. The van der Waals surface area contributed by atoms with Gasteiger partial charge < -0.3 is 19.4 Å². The van der Waals surface area contributed by atoms with Crippen molar-refractivity contribution in [2.45, 2.75) is 19.3 Å². The normalized spacial score (nSPS) is 10.9. The van der Waals surface area contributed by atoms with E-state index in [1.54, 1.807) is 25.3 Å². The van der Waals surface area contributed by atoms with Crippen LogP contribution >= 0.6 is 23.2 Å². The first-order valence-corrected chi connectivity index (χ1v) is 10.1. The summed E-state index contributed by atoms with van der Waals surface area (Å²) >= 11 is 11.9. The molecule has 1 heterocycles. The number of carbonyl (C=O) groups excluding carboxylic acids is 1. The van der Waals surface area contributed by atoms with E-state index in [9.17, 15) is 4.79 Å². The summed E-state index contributed by atoms with van der Waals surface area (Å²) in [6, 6.07) is 10.9. The Morgan fingerprint density at radius 2 is 2.03 bits per heavy atom. The van der Waals surface area contributed by atoms with E-state index in [1.165, 1.54) is 0 Å². The third-order valence-corrected chi connectivity index (χ3v) is 5.08. The van der Waals surface area contributed by atoms with E-state index in [-0.39, 0.29) is 5.91 Å². The molecule has 3 rings (SSSR count). The number of carbonyl (C=O) groups is 1. The highest BCUT2D eigenvalue weighted by Crippen LogP contribution is 2.27. The molecule has 0 aliphatic carbocycles. The molecule has 0 radical (unpaired) electrons. The van der Waals surface area contributed by atoms with Gasteiger partial charge in [-0.2, -0.15) is 0 Å². The number of nitrogens with zero attached hydrogens (tertiary/aromatic N) is 2. The number of amides is 1. The Bertz CT molecular complexity index is 1000. The second-order valence-corrected chi connectivity index (χ2v) is 7.41. The molecular formula is C21H23Cl2N3O3. The Balaban J connectivity index is 1.41. The zero-order valence-electron chi connectivity index (χ0n) is 16.4. The van der Waals surface area contributed by atoms with Crippen molar-refractivity contribution in [3.8, 4) is 11.5 Å². The molecule has 1 amide bonds. The van der Waals surface area contributed by atoms with E-state index >= 15 is 0 Å². The van der Waals surface area contributed by atoms with Gasteiger partial charge in [0.2, 0.25) is 5.91 Å². The Morgan fingerprint density at radius 1 is 1.21 bits per heavy atom. The average Bonchev–Trinajstić information content (AvgIpc) is 3.01. The number of nitrogens with one attached hydrogen (secondary N) is 1. The first-order chi connectivity index (χ1) is 14.0. The molecule has 0 bridgehead atoms. The van der Waals surface area contributed by atoms with E-state index < -0.39 is 0 Å². The fourth-order valence-corrected chi connectivity index (χ4v) is 3.45.